The molecule has 3 aromatic carbocycles. The Morgan fingerprint density at radius 3 is 1.92 bits per heavy atom. The van der Waals surface area contributed by atoms with E-state index in [0.29, 0.717) is 5.56 Å². The van der Waals surface area contributed by atoms with Crippen molar-refractivity contribution in [2.75, 3.05) is 4.90 Å². The van der Waals surface area contributed by atoms with Crippen LogP contribution in [0.1, 0.15) is 22.0 Å². The van der Waals surface area contributed by atoms with Crippen molar-refractivity contribution in [1.29, 1.82) is 0 Å². The number of benzene rings is 3. The number of hydrogen-bond donors (Lipinski definition) is 1. The van der Waals surface area contributed by atoms with Crippen molar-refractivity contribution in [2.24, 2.45) is 0 Å². The van der Waals surface area contributed by atoms with Crippen molar-refractivity contribution in [3.63, 3.8) is 0 Å². The highest BCUT2D eigenvalue weighted by atomic mass is 16.2. The summed E-state index contributed by atoms with van der Waals surface area (Å²) in [5, 5.41) is 2.90. The van der Waals surface area contributed by atoms with Gasteiger partial charge in [-0.05, 0) is 29.8 Å². The van der Waals surface area contributed by atoms with Gasteiger partial charge in [0.15, 0.2) is 0 Å². The summed E-state index contributed by atoms with van der Waals surface area (Å²) in [4.78, 5) is 27.1. The smallest absolute Gasteiger partial charge is 0.252 e. The number of nitrogens with zero attached hydrogens (tertiary/aromatic N) is 1. The monoisotopic (exact) mass is 342 g/mol. The van der Waals surface area contributed by atoms with Crippen LogP contribution in [-0.4, -0.2) is 17.9 Å². The average molecular weight is 342 g/mol. The van der Waals surface area contributed by atoms with Gasteiger partial charge in [-0.15, -0.1) is 0 Å². The Labute approximate surface area is 152 Å². The van der Waals surface area contributed by atoms with Crippen LogP contribution in [0.3, 0.4) is 0 Å². The zero-order chi connectivity index (χ0) is 17.9. The van der Waals surface area contributed by atoms with E-state index >= 15 is 0 Å². The minimum Gasteiger partial charge on any atom is -0.338 e. The van der Waals surface area contributed by atoms with Crippen LogP contribution in [0.2, 0.25) is 0 Å². The first-order valence-corrected chi connectivity index (χ1v) is 8.55. The molecule has 0 radical (unpaired) electrons. The third kappa shape index (κ3) is 2.86. The molecule has 0 saturated carbocycles. The van der Waals surface area contributed by atoms with Crippen LogP contribution in [0.4, 0.5) is 5.69 Å². The zero-order valence-electron chi connectivity index (χ0n) is 14.1. The summed E-state index contributed by atoms with van der Waals surface area (Å²) in [5.74, 6) is -0.341. The van der Waals surface area contributed by atoms with E-state index in [1.54, 1.807) is 17.0 Å². The van der Waals surface area contributed by atoms with E-state index in [-0.39, 0.29) is 17.9 Å². The molecule has 1 fully saturated rings. The summed E-state index contributed by atoms with van der Waals surface area (Å²) in [6.07, 6.45) is 0. The van der Waals surface area contributed by atoms with Crippen molar-refractivity contribution in [3.05, 3.63) is 102 Å². The lowest BCUT2D eigenvalue weighted by atomic mass is 9.87. The van der Waals surface area contributed by atoms with Crippen LogP contribution in [0, 0.1) is 0 Å². The summed E-state index contributed by atoms with van der Waals surface area (Å²) in [6, 6.07) is 27.5. The van der Waals surface area contributed by atoms with Crippen LogP contribution < -0.4 is 10.2 Å². The second-order valence-corrected chi connectivity index (χ2v) is 6.22. The molecule has 3 aromatic rings. The molecule has 2 unspecified atom stereocenters. The second kappa shape index (κ2) is 6.84. The first kappa shape index (κ1) is 16.1. The zero-order valence-corrected chi connectivity index (χ0v) is 14.1. The highest BCUT2D eigenvalue weighted by Gasteiger charge is 2.49. The van der Waals surface area contributed by atoms with Crippen molar-refractivity contribution in [2.45, 2.75) is 12.1 Å². The molecule has 0 aromatic heterocycles. The molecule has 0 bridgehead atoms. The van der Waals surface area contributed by atoms with E-state index < -0.39 is 6.04 Å². The van der Waals surface area contributed by atoms with Gasteiger partial charge in [0.1, 0.15) is 6.04 Å². The number of β-lactam (4-membered cyclic amide) rings is 1. The van der Waals surface area contributed by atoms with Crippen LogP contribution in [0.5, 0.6) is 0 Å². The largest absolute Gasteiger partial charge is 0.338 e. The lowest BCUT2D eigenvalue weighted by Crippen LogP contribution is -2.66. The van der Waals surface area contributed by atoms with Gasteiger partial charge in [0, 0.05) is 11.3 Å². The molecule has 4 rings (SSSR count). The quantitative estimate of drug-likeness (QED) is 0.737. The fourth-order valence-electron chi connectivity index (χ4n) is 3.31. The molecule has 2 atom stereocenters. The minimum atomic E-state index is -0.578. The first-order valence-electron chi connectivity index (χ1n) is 8.55. The summed E-state index contributed by atoms with van der Waals surface area (Å²) < 4.78 is 0. The Bertz CT molecular complexity index is 911. The standard InChI is InChI=1S/C22H18N2O2/c25-21(17-12-6-2-7-13-17)23-19-20(16-10-4-1-5-11-16)24(22(19)26)18-14-8-3-9-15-18/h1-15,19-20H,(H,23,25). The summed E-state index contributed by atoms with van der Waals surface area (Å²) in [5.41, 5.74) is 2.37. The molecule has 128 valence electrons. The average Bonchev–Trinajstić information content (AvgIpc) is 2.71. The molecule has 4 heteroatoms. The molecular weight excluding hydrogens is 324 g/mol. The Kier molecular flexibility index (Phi) is 4.23. The normalized spacial score (nSPS) is 18.9. The number of anilines is 1. The van der Waals surface area contributed by atoms with Gasteiger partial charge in [-0.2, -0.15) is 0 Å². The van der Waals surface area contributed by atoms with E-state index in [2.05, 4.69) is 5.32 Å². The molecule has 1 aliphatic rings. The van der Waals surface area contributed by atoms with Gasteiger partial charge >= 0.3 is 0 Å². The number of nitrogens with one attached hydrogen (secondary N) is 1. The maximum absolute atomic E-state index is 12.8. The molecule has 0 spiro atoms. The van der Waals surface area contributed by atoms with Gasteiger partial charge in [0.25, 0.3) is 11.8 Å². The van der Waals surface area contributed by atoms with Crippen molar-refractivity contribution in [3.8, 4) is 0 Å². The maximum atomic E-state index is 12.8. The van der Waals surface area contributed by atoms with Gasteiger partial charge in [0.2, 0.25) is 0 Å². The topological polar surface area (TPSA) is 49.4 Å². The Balaban J connectivity index is 1.64. The van der Waals surface area contributed by atoms with Gasteiger partial charge in [-0.25, -0.2) is 0 Å². The third-order valence-electron chi connectivity index (χ3n) is 4.60. The lowest BCUT2D eigenvalue weighted by molar-refractivity contribution is -0.127. The van der Waals surface area contributed by atoms with Gasteiger partial charge in [-0.1, -0.05) is 66.7 Å². The molecule has 1 N–H and O–H groups in total. The van der Waals surface area contributed by atoms with Gasteiger partial charge < -0.3 is 10.2 Å². The van der Waals surface area contributed by atoms with Crippen LogP contribution >= 0.6 is 0 Å². The molecule has 1 saturated heterocycles. The third-order valence-corrected chi connectivity index (χ3v) is 4.60. The van der Waals surface area contributed by atoms with Crippen molar-refractivity contribution in [1.82, 2.24) is 5.32 Å². The Morgan fingerprint density at radius 1 is 0.769 bits per heavy atom. The lowest BCUT2D eigenvalue weighted by Gasteiger charge is -2.47. The molecular formula is C22H18N2O2. The number of amides is 2. The number of carbonyl (C=O) groups excluding carboxylic acids is 2. The molecule has 2 amide bonds. The second-order valence-electron chi connectivity index (χ2n) is 6.22. The summed E-state index contributed by atoms with van der Waals surface area (Å²) in [7, 11) is 0. The number of para-hydroxylation sites is 1. The van der Waals surface area contributed by atoms with Crippen LogP contribution in [-0.2, 0) is 4.79 Å². The number of carbonyl (C=O) groups is 2. The number of rotatable bonds is 4. The Morgan fingerprint density at radius 2 is 1.31 bits per heavy atom. The molecule has 0 aliphatic carbocycles. The highest BCUT2D eigenvalue weighted by molar-refractivity contribution is 6.09. The Hall–Kier alpha value is -3.40. The summed E-state index contributed by atoms with van der Waals surface area (Å²) in [6.45, 7) is 0. The van der Waals surface area contributed by atoms with Crippen molar-refractivity contribution >= 4 is 17.5 Å². The molecule has 26 heavy (non-hydrogen) atoms. The maximum Gasteiger partial charge on any atom is 0.252 e. The first-order chi connectivity index (χ1) is 12.8. The predicted molar refractivity (Wildman–Crippen MR) is 101 cm³/mol. The van der Waals surface area contributed by atoms with Gasteiger partial charge in [0.05, 0.1) is 6.04 Å². The van der Waals surface area contributed by atoms with Gasteiger partial charge in [-0.3, -0.25) is 9.59 Å². The molecule has 1 aliphatic heterocycles. The number of hydrogen-bond acceptors (Lipinski definition) is 2. The van der Waals surface area contributed by atoms with E-state index in [9.17, 15) is 9.59 Å². The van der Waals surface area contributed by atoms with E-state index in [1.807, 2.05) is 78.9 Å². The summed E-state index contributed by atoms with van der Waals surface area (Å²) >= 11 is 0. The van der Waals surface area contributed by atoms with E-state index in [0.717, 1.165) is 11.3 Å². The van der Waals surface area contributed by atoms with E-state index in [4.69, 9.17) is 0 Å². The van der Waals surface area contributed by atoms with Crippen LogP contribution in [0.15, 0.2) is 91.0 Å². The fraction of sp³-hybridized carbons (Fsp3) is 0.0909. The van der Waals surface area contributed by atoms with Crippen molar-refractivity contribution < 1.29 is 9.59 Å². The molecule has 1 heterocycles. The molecule has 4 nitrogen and oxygen atoms in total. The highest BCUT2D eigenvalue weighted by Crippen LogP contribution is 2.39. The SMILES string of the molecule is O=C(NC1C(=O)N(c2ccccc2)C1c1ccccc1)c1ccccc1. The van der Waals surface area contributed by atoms with Crippen LogP contribution in [0.25, 0.3) is 0 Å². The van der Waals surface area contributed by atoms with E-state index in [1.165, 1.54) is 0 Å². The predicted octanol–water partition coefficient (Wildman–Crippen LogP) is 3.57. The fourth-order valence-corrected chi connectivity index (χ4v) is 3.31. The minimum absolute atomic E-state index is 0.102.